The molecule has 0 spiro atoms. The third-order valence-corrected chi connectivity index (χ3v) is 3.81. The number of hydrogen-bond donors (Lipinski definition) is 0. The van der Waals surface area contributed by atoms with E-state index in [0.717, 1.165) is 0 Å². The fourth-order valence-electron chi connectivity index (χ4n) is 2.36. The van der Waals surface area contributed by atoms with Crippen LogP contribution in [-0.2, 0) is 0 Å². The number of nitrogens with zero attached hydrogens (tertiary/aromatic N) is 1. The molecule has 0 saturated carbocycles. The Bertz CT molecular complexity index is 121. The topological polar surface area (TPSA) is 0 Å². The van der Waals surface area contributed by atoms with E-state index in [-0.39, 0.29) is 12.4 Å². The van der Waals surface area contributed by atoms with E-state index in [9.17, 15) is 0 Å². The number of halogens is 1. The number of hydrogen-bond acceptors (Lipinski definition) is 0. The maximum Gasteiger partial charge on any atom is 0.0786 e. The molecule has 0 amide bonds. The van der Waals surface area contributed by atoms with E-state index < -0.39 is 0 Å². The normalized spacial score (nSPS) is 11.2. The van der Waals surface area contributed by atoms with Crippen LogP contribution in [-0.4, -0.2) is 30.7 Å². The molecule has 0 saturated heterocycles. The fraction of sp³-hybridized carbons (Fsp3) is 1.00. The minimum absolute atomic E-state index is 0. The van der Waals surface area contributed by atoms with Crippen molar-refractivity contribution in [3.05, 3.63) is 0 Å². The zero-order valence-corrected chi connectivity index (χ0v) is 12.7. The Morgan fingerprint density at radius 2 is 1.00 bits per heavy atom. The molecule has 2 heteroatoms. The lowest BCUT2D eigenvalue weighted by Crippen LogP contribution is -3.00. The van der Waals surface area contributed by atoms with Crippen LogP contribution in [0.4, 0.5) is 0 Å². The number of unbranched alkanes of at least 4 members (excludes halogenated alkanes) is 4. The highest BCUT2D eigenvalue weighted by Crippen LogP contribution is 2.12. The molecule has 0 aromatic rings. The van der Waals surface area contributed by atoms with Gasteiger partial charge >= 0.3 is 0 Å². The summed E-state index contributed by atoms with van der Waals surface area (Å²) in [6.07, 6.45) is 8.36. The second-order valence-electron chi connectivity index (χ2n) is 4.84. The van der Waals surface area contributed by atoms with E-state index in [2.05, 4.69) is 27.7 Å². The predicted molar refractivity (Wildman–Crippen MR) is 70.1 cm³/mol. The lowest BCUT2D eigenvalue weighted by atomic mass is 10.1. The molecule has 0 aromatic heterocycles. The zero-order chi connectivity index (χ0) is 11.6. The first-order valence-electron chi connectivity index (χ1n) is 7.09. The SMILES string of the molecule is CCCCC[N+](CC)(CC)CCCCC.[Cl-]. The number of rotatable bonds is 10. The van der Waals surface area contributed by atoms with E-state index in [0.29, 0.717) is 0 Å². The van der Waals surface area contributed by atoms with E-state index in [1.807, 2.05) is 0 Å². The molecule has 0 aliphatic heterocycles. The zero-order valence-electron chi connectivity index (χ0n) is 11.9. The summed E-state index contributed by atoms with van der Waals surface area (Å²) in [6, 6.07) is 0. The van der Waals surface area contributed by atoms with Gasteiger partial charge in [0.15, 0.2) is 0 Å². The monoisotopic (exact) mass is 249 g/mol. The molecule has 0 fully saturated rings. The van der Waals surface area contributed by atoms with Crippen LogP contribution in [0.15, 0.2) is 0 Å². The van der Waals surface area contributed by atoms with E-state index in [1.165, 1.54) is 69.2 Å². The molecule has 1 nitrogen and oxygen atoms in total. The lowest BCUT2D eigenvalue weighted by molar-refractivity contribution is -0.925. The Labute approximate surface area is 110 Å². The van der Waals surface area contributed by atoms with Gasteiger partial charge in [0.25, 0.3) is 0 Å². The summed E-state index contributed by atoms with van der Waals surface area (Å²) in [6.45, 7) is 14.8. The van der Waals surface area contributed by atoms with Crippen molar-refractivity contribution in [2.45, 2.75) is 66.2 Å². The van der Waals surface area contributed by atoms with Crippen LogP contribution in [0.2, 0.25) is 0 Å². The van der Waals surface area contributed by atoms with Crippen molar-refractivity contribution in [2.75, 3.05) is 26.2 Å². The Hall–Kier alpha value is 0.250. The van der Waals surface area contributed by atoms with Crippen molar-refractivity contribution in [3.63, 3.8) is 0 Å². The quantitative estimate of drug-likeness (QED) is 0.404. The first-order valence-corrected chi connectivity index (χ1v) is 7.09. The molecule has 0 aliphatic rings. The van der Waals surface area contributed by atoms with Gasteiger partial charge in [-0.25, -0.2) is 0 Å². The second-order valence-corrected chi connectivity index (χ2v) is 4.84. The summed E-state index contributed by atoms with van der Waals surface area (Å²) in [5.74, 6) is 0. The van der Waals surface area contributed by atoms with Crippen LogP contribution in [0.5, 0.6) is 0 Å². The van der Waals surface area contributed by atoms with E-state index in [4.69, 9.17) is 0 Å². The van der Waals surface area contributed by atoms with Crippen LogP contribution in [0.3, 0.4) is 0 Å². The molecule has 0 N–H and O–H groups in total. The van der Waals surface area contributed by atoms with Gasteiger partial charge < -0.3 is 16.9 Å². The molecule has 0 aromatic carbocycles. The van der Waals surface area contributed by atoms with Gasteiger partial charge in [-0.05, 0) is 39.5 Å². The maximum absolute atomic E-state index is 2.36. The average Bonchev–Trinajstić information content (AvgIpc) is 2.28. The molecule has 0 aliphatic carbocycles. The molecular formula is C14H32ClN. The highest BCUT2D eigenvalue weighted by molar-refractivity contribution is 4.45. The van der Waals surface area contributed by atoms with Gasteiger partial charge in [0, 0.05) is 0 Å². The Kier molecular flexibility index (Phi) is 13.6. The second kappa shape index (κ2) is 11.7. The van der Waals surface area contributed by atoms with Crippen LogP contribution in [0, 0.1) is 0 Å². The van der Waals surface area contributed by atoms with Gasteiger partial charge in [0.1, 0.15) is 0 Å². The van der Waals surface area contributed by atoms with Crippen molar-refractivity contribution in [1.29, 1.82) is 0 Å². The minimum atomic E-state index is 0. The van der Waals surface area contributed by atoms with Crippen molar-refractivity contribution < 1.29 is 16.9 Å². The van der Waals surface area contributed by atoms with Gasteiger partial charge in [-0.2, -0.15) is 0 Å². The van der Waals surface area contributed by atoms with Gasteiger partial charge in [-0.3, -0.25) is 0 Å². The first-order chi connectivity index (χ1) is 7.24. The standard InChI is InChI=1S/C14H32N.ClH/c1-5-9-11-13-15(7-3,8-4)14-12-10-6-2;/h5-14H2,1-4H3;1H/q+1;/p-1. The highest BCUT2D eigenvalue weighted by atomic mass is 35.5. The minimum Gasteiger partial charge on any atom is -1.00 e. The molecule has 0 radical (unpaired) electrons. The van der Waals surface area contributed by atoms with Gasteiger partial charge in [-0.15, -0.1) is 0 Å². The largest absolute Gasteiger partial charge is 1.00 e. The fourth-order valence-corrected chi connectivity index (χ4v) is 2.36. The van der Waals surface area contributed by atoms with Gasteiger partial charge in [0.2, 0.25) is 0 Å². The van der Waals surface area contributed by atoms with Gasteiger partial charge in [0.05, 0.1) is 26.2 Å². The molecule has 16 heavy (non-hydrogen) atoms. The maximum atomic E-state index is 2.36. The summed E-state index contributed by atoms with van der Waals surface area (Å²) in [4.78, 5) is 0. The van der Waals surface area contributed by atoms with Crippen LogP contribution >= 0.6 is 0 Å². The molecule has 0 bridgehead atoms. The van der Waals surface area contributed by atoms with Crippen molar-refractivity contribution in [2.24, 2.45) is 0 Å². The third kappa shape index (κ3) is 7.51. The summed E-state index contributed by atoms with van der Waals surface area (Å²) in [5.41, 5.74) is 0. The third-order valence-electron chi connectivity index (χ3n) is 3.81. The molecule has 0 rings (SSSR count). The Morgan fingerprint density at radius 1 is 0.625 bits per heavy atom. The number of quaternary nitrogens is 1. The van der Waals surface area contributed by atoms with Crippen LogP contribution in [0.25, 0.3) is 0 Å². The Morgan fingerprint density at radius 3 is 1.25 bits per heavy atom. The predicted octanol–water partition coefficient (Wildman–Crippen LogP) is 1.23. The summed E-state index contributed by atoms with van der Waals surface area (Å²) in [7, 11) is 0. The lowest BCUT2D eigenvalue weighted by Gasteiger charge is -2.37. The molecule has 0 heterocycles. The Balaban J connectivity index is 0. The van der Waals surface area contributed by atoms with E-state index in [1.54, 1.807) is 0 Å². The average molecular weight is 250 g/mol. The summed E-state index contributed by atoms with van der Waals surface area (Å²) in [5, 5.41) is 0. The summed E-state index contributed by atoms with van der Waals surface area (Å²) >= 11 is 0. The van der Waals surface area contributed by atoms with E-state index >= 15 is 0 Å². The molecule has 0 unspecified atom stereocenters. The van der Waals surface area contributed by atoms with Crippen molar-refractivity contribution in [3.8, 4) is 0 Å². The highest BCUT2D eigenvalue weighted by Gasteiger charge is 2.21. The van der Waals surface area contributed by atoms with Crippen LogP contribution < -0.4 is 12.4 Å². The first kappa shape index (κ1) is 18.6. The van der Waals surface area contributed by atoms with Gasteiger partial charge in [-0.1, -0.05) is 26.7 Å². The molecule has 0 atom stereocenters. The molecular weight excluding hydrogens is 218 g/mol. The summed E-state index contributed by atoms with van der Waals surface area (Å²) < 4.78 is 1.36. The van der Waals surface area contributed by atoms with Crippen molar-refractivity contribution in [1.82, 2.24) is 0 Å². The van der Waals surface area contributed by atoms with Crippen molar-refractivity contribution >= 4 is 0 Å². The molecule has 100 valence electrons. The van der Waals surface area contributed by atoms with Crippen LogP contribution in [0.1, 0.15) is 66.2 Å². The smallest absolute Gasteiger partial charge is 0.0786 e.